The highest BCUT2D eigenvalue weighted by Gasteiger charge is 2.40. The predicted molar refractivity (Wildman–Crippen MR) is 121 cm³/mol. The molecule has 0 radical (unpaired) electrons. The van der Waals surface area contributed by atoms with E-state index in [1.807, 2.05) is 0 Å². The van der Waals surface area contributed by atoms with Gasteiger partial charge >= 0.3 is 0 Å². The number of amides is 3. The van der Waals surface area contributed by atoms with Crippen LogP contribution in [-0.4, -0.2) is 44.0 Å². The molecule has 0 saturated carbocycles. The summed E-state index contributed by atoms with van der Waals surface area (Å²) < 4.78 is 5.34. The van der Waals surface area contributed by atoms with E-state index in [-0.39, 0.29) is 36.4 Å². The Labute approximate surface area is 190 Å². The summed E-state index contributed by atoms with van der Waals surface area (Å²) in [5, 5.41) is 14.1. The number of thioether (sulfide) groups is 2. The van der Waals surface area contributed by atoms with Gasteiger partial charge in [0, 0.05) is 17.1 Å². The summed E-state index contributed by atoms with van der Waals surface area (Å²) in [5.74, 6) is 0.124. The Morgan fingerprint density at radius 2 is 2.06 bits per heavy atom. The summed E-state index contributed by atoms with van der Waals surface area (Å²) in [6, 6.07) is 10.2. The number of hydrogen-bond acceptors (Lipinski definition) is 8. The summed E-state index contributed by atoms with van der Waals surface area (Å²) in [6.07, 6.45) is 1.48. The van der Waals surface area contributed by atoms with Crippen molar-refractivity contribution in [3.8, 4) is 0 Å². The van der Waals surface area contributed by atoms with Crippen molar-refractivity contribution in [2.45, 2.75) is 18.2 Å². The molecule has 0 bridgehead atoms. The van der Waals surface area contributed by atoms with Gasteiger partial charge in [0.15, 0.2) is 10.3 Å². The summed E-state index contributed by atoms with van der Waals surface area (Å²) in [6.45, 7) is 0.164. The third kappa shape index (κ3) is 5.49. The summed E-state index contributed by atoms with van der Waals surface area (Å²) in [4.78, 5) is 38.2. The number of halogens is 1. The van der Waals surface area contributed by atoms with Gasteiger partial charge in [-0.1, -0.05) is 35.1 Å². The van der Waals surface area contributed by atoms with Gasteiger partial charge in [0.25, 0.3) is 0 Å². The van der Waals surface area contributed by atoms with E-state index in [9.17, 15) is 14.4 Å². The summed E-state index contributed by atoms with van der Waals surface area (Å²) >= 11 is 8.24. The molecule has 0 unspecified atom stereocenters. The zero-order valence-corrected chi connectivity index (χ0v) is 18.3. The molecule has 1 aromatic heterocycles. The van der Waals surface area contributed by atoms with E-state index in [0.717, 1.165) is 11.8 Å². The SMILES string of the molecule is O=C1CSC(=N/N=C2\S[C@H](CC(=O)Nc3ccc(Cl)cc3)C(=O)N2Cc2ccco2)N1. The van der Waals surface area contributed by atoms with Crippen LogP contribution in [0.2, 0.25) is 5.02 Å². The molecule has 2 saturated heterocycles. The van der Waals surface area contributed by atoms with Crippen LogP contribution in [0.4, 0.5) is 5.69 Å². The van der Waals surface area contributed by atoms with Crippen LogP contribution in [0.3, 0.4) is 0 Å². The van der Waals surface area contributed by atoms with Crippen LogP contribution in [0.15, 0.2) is 57.3 Å². The molecule has 1 atom stereocenters. The molecule has 2 aliphatic rings. The minimum Gasteiger partial charge on any atom is -0.467 e. The van der Waals surface area contributed by atoms with Crippen molar-refractivity contribution in [1.82, 2.24) is 10.2 Å². The van der Waals surface area contributed by atoms with Gasteiger partial charge in [0.05, 0.1) is 18.6 Å². The number of anilines is 1. The molecule has 3 heterocycles. The Hall–Kier alpha value is -2.76. The van der Waals surface area contributed by atoms with Crippen LogP contribution in [0.1, 0.15) is 12.2 Å². The summed E-state index contributed by atoms with van der Waals surface area (Å²) in [7, 11) is 0. The first-order chi connectivity index (χ1) is 15.0. The molecular formula is C19H16ClN5O4S2. The molecule has 0 spiro atoms. The normalized spacial score (nSPS) is 21.2. The maximum atomic E-state index is 13.0. The van der Waals surface area contributed by atoms with Gasteiger partial charge in [0.2, 0.25) is 17.7 Å². The smallest absolute Gasteiger partial charge is 0.243 e. The molecule has 1 aromatic carbocycles. The fourth-order valence-corrected chi connectivity index (χ4v) is 4.64. The summed E-state index contributed by atoms with van der Waals surface area (Å²) in [5.41, 5.74) is 0.589. The molecule has 12 heteroatoms. The zero-order chi connectivity index (χ0) is 21.8. The molecule has 2 aliphatic heterocycles. The minimum atomic E-state index is -0.660. The number of carbonyl (C=O) groups excluding carboxylic acids is 3. The van der Waals surface area contributed by atoms with Crippen LogP contribution in [0.5, 0.6) is 0 Å². The van der Waals surface area contributed by atoms with Crippen LogP contribution in [0.25, 0.3) is 0 Å². The van der Waals surface area contributed by atoms with E-state index in [1.165, 1.54) is 22.9 Å². The van der Waals surface area contributed by atoms with Crippen molar-refractivity contribution in [2.24, 2.45) is 10.2 Å². The molecule has 4 rings (SSSR count). The first-order valence-electron chi connectivity index (χ1n) is 9.12. The second-order valence-corrected chi connectivity index (χ2v) is 9.06. The topological polar surface area (TPSA) is 116 Å². The van der Waals surface area contributed by atoms with Crippen LogP contribution < -0.4 is 10.6 Å². The number of nitrogens with one attached hydrogen (secondary N) is 2. The van der Waals surface area contributed by atoms with Gasteiger partial charge in [-0.05, 0) is 36.4 Å². The molecule has 0 aliphatic carbocycles. The van der Waals surface area contributed by atoms with Gasteiger partial charge in [0.1, 0.15) is 11.0 Å². The largest absolute Gasteiger partial charge is 0.467 e. The Balaban J connectivity index is 1.48. The van der Waals surface area contributed by atoms with Gasteiger partial charge in [-0.3, -0.25) is 19.3 Å². The van der Waals surface area contributed by atoms with Crippen molar-refractivity contribution < 1.29 is 18.8 Å². The lowest BCUT2D eigenvalue weighted by Gasteiger charge is -2.14. The molecule has 160 valence electrons. The first-order valence-corrected chi connectivity index (χ1v) is 11.4. The fourth-order valence-electron chi connectivity index (χ4n) is 2.80. The Kier molecular flexibility index (Phi) is 6.64. The average molecular weight is 478 g/mol. The third-order valence-corrected chi connectivity index (χ3v) is 6.51. The van der Waals surface area contributed by atoms with E-state index in [2.05, 4.69) is 20.8 Å². The van der Waals surface area contributed by atoms with E-state index in [1.54, 1.807) is 36.4 Å². The van der Waals surface area contributed by atoms with E-state index in [4.69, 9.17) is 16.0 Å². The third-order valence-electron chi connectivity index (χ3n) is 4.23. The second kappa shape index (κ2) is 9.58. The maximum Gasteiger partial charge on any atom is 0.243 e. The highest BCUT2D eigenvalue weighted by molar-refractivity contribution is 8.15. The van der Waals surface area contributed by atoms with E-state index >= 15 is 0 Å². The number of amidine groups is 2. The standard InChI is InChI=1S/C19H16ClN5O4S2/c20-11-3-5-12(6-4-11)21-15(26)8-14-17(28)25(9-13-2-1-7-29-13)19(31-14)24-23-18-22-16(27)10-30-18/h1-7,14H,8-10H2,(H,21,26)(H,22,23,27)/b24-19-/t14-/m1/s1. The number of nitrogens with zero attached hydrogens (tertiary/aromatic N) is 3. The highest BCUT2D eigenvalue weighted by Crippen LogP contribution is 2.31. The van der Waals surface area contributed by atoms with Crippen molar-refractivity contribution in [3.63, 3.8) is 0 Å². The molecule has 3 amide bonds. The van der Waals surface area contributed by atoms with Crippen LogP contribution in [0, 0.1) is 0 Å². The number of hydrogen-bond donors (Lipinski definition) is 2. The van der Waals surface area contributed by atoms with Crippen molar-refractivity contribution in [1.29, 1.82) is 0 Å². The highest BCUT2D eigenvalue weighted by atomic mass is 35.5. The van der Waals surface area contributed by atoms with Crippen LogP contribution in [-0.2, 0) is 20.9 Å². The predicted octanol–water partition coefficient (Wildman–Crippen LogP) is 2.90. The lowest BCUT2D eigenvalue weighted by atomic mass is 10.2. The second-order valence-electron chi connectivity index (χ2n) is 6.49. The van der Waals surface area contributed by atoms with E-state index < -0.39 is 5.25 Å². The Morgan fingerprint density at radius 1 is 1.26 bits per heavy atom. The van der Waals surface area contributed by atoms with Gasteiger partial charge in [-0.15, -0.1) is 10.2 Å². The van der Waals surface area contributed by atoms with Crippen molar-refractivity contribution >= 4 is 68.9 Å². The Morgan fingerprint density at radius 3 is 2.74 bits per heavy atom. The molecule has 2 N–H and O–H groups in total. The number of furan rings is 1. The van der Waals surface area contributed by atoms with Crippen LogP contribution >= 0.6 is 35.1 Å². The van der Waals surface area contributed by atoms with Crippen molar-refractivity contribution in [2.75, 3.05) is 11.1 Å². The molecule has 31 heavy (non-hydrogen) atoms. The number of carbonyl (C=O) groups is 3. The molecular weight excluding hydrogens is 462 g/mol. The molecule has 2 aromatic rings. The maximum absolute atomic E-state index is 13.0. The van der Waals surface area contributed by atoms with Gasteiger partial charge in [-0.25, -0.2) is 0 Å². The zero-order valence-electron chi connectivity index (χ0n) is 15.9. The quantitative estimate of drug-likeness (QED) is 0.618. The lowest BCUT2D eigenvalue weighted by Crippen LogP contribution is -2.33. The number of benzene rings is 1. The fraction of sp³-hybridized carbons (Fsp3) is 0.211. The van der Waals surface area contributed by atoms with E-state index in [0.29, 0.717) is 26.8 Å². The van der Waals surface area contributed by atoms with Gasteiger partial charge in [-0.2, -0.15) is 0 Å². The first kappa shape index (κ1) is 21.5. The number of rotatable bonds is 6. The minimum absolute atomic E-state index is 0.0398. The lowest BCUT2D eigenvalue weighted by molar-refractivity contribution is -0.128. The Bertz CT molecular complexity index is 1060. The average Bonchev–Trinajstić information content (AvgIpc) is 3.46. The van der Waals surface area contributed by atoms with Crippen molar-refractivity contribution in [3.05, 3.63) is 53.4 Å². The molecule has 9 nitrogen and oxygen atoms in total. The monoisotopic (exact) mass is 477 g/mol. The van der Waals surface area contributed by atoms with Gasteiger partial charge < -0.3 is 15.1 Å². The molecule has 2 fully saturated rings.